The predicted octanol–water partition coefficient (Wildman–Crippen LogP) is 4.34. The van der Waals surface area contributed by atoms with Crippen molar-refractivity contribution >= 4 is 56.1 Å². The van der Waals surface area contributed by atoms with Gasteiger partial charge in [-0.05, 0) is 44.2 Å². The fourth-order valence-electron chi connectivity index (χ4n) is 5.21. The van der Waals surface area contributed by atoms with Gasteiger partial charge in [-0.2, -0.15) is 0 Å². The Morgan fingerprint density at radius 3 is 2.61 bits per heavy atom. The number of fused-ring (bicyclic) bond motifs is 2. The second-order valence-corrected chi connectivity index (χ2v) is 11.4. The maximum absolute atomic E-state index is 14.4. The fourth-order valence-corrected chi connectivity index (χ4v) is 6.69. The molecule has 8 nitrogen and oxygen atoms in total. The van der Waals surface area contributed by atoms with E-state index in [0.29, 0.717) is 38.6 Å². The molecule has 41 heavy (non-hydrogen) atoms. The minimum atomic E-state index is -0.941. The van der Waals surface area contributed by atoms with Crippen LogP contribution in [0.25, 0.3) is 11.3 Å². The van der Waals surface area contributed by atoms with Crippen molar-refractivity contribution in [3.05, 3.63) is 119 Å². The Morgan fingerprint density at radius 1 is 1.10 bits per heavy atom. The van der Waals surface area contributed by atoms with Crippen LogP contribution in [-0.2, 0) is 14.3 Å². The Balaban J connectivity index is 1.76. The van der Waals surface area contributed by atoms with Gasteiger partial charge in [0.25, 0.3) is 11.5 Å². The monoisotopic (exact) mass is 629 g/mol. The first-order chi connectivity index (χ1) is 19.8. The van der Waals surface area contributed by atoms with Gasteiger partial charge in [0.05, 0.1) is 30.6 Å². The van der Waals surface area contributed by atoms with Crippen molar-refractivity contribution in [2.24, 2.45) is 4.99 Å². The smallest absolute Gasteiger partial charge is 0.338 e. The Labute approximate surface area is 247 Å². The van der Waals surface area contributed by atoms with Crippen molar-refractivity contribution in [3.8, 4) is 5.75 Å². The van der Waals surface area contributed by atoms with E-state index in [9.17, 15) is 14.4 Å². The molecule has 10 heteroatoms. The molecule has 3 aromatic carbocycles. The number of halogens is 1. The lowest BCUT2D eigenvalue weighted by molar-refractivity contribution is -0.138. The maximum Gasteiger partial charge on any atom is 0.338 e. The molecular formula is C31H24BrN3O5S. The van der Waals surface area contributed by atoms with Gasteiger partial charge in [0.15, 0.2) is 4.80 Å². The van der Waals surface area contributed by atoms with E-state index in [1.165, 1.54) is 11.7 Å². The van der Waals surface area contributed by atoms with Crippen LogP contribution in [0, 0.1) is 6.92 Å². The minimum Gasteiger partial charge on any atom is -0.496 e. The molecule has 206 valence electrons. The summed E-state index contributed by atoms with van der Waals surface area (Å²) in [5.41, 5.74) is 3.95. The van der Waals surface area contributed by atoms with Crippen LogP contribution in [0.4, 0.5) is 5.69 Å². The second kappa shape index (κ2) is 10.6. The number of hydrogen-bond donors (Lipinski definition) is 1. The van der Waals surface area contributed by atoms with Crippen LogP contribution in [0.3, 0.4) is 0 Å². The van der Waals surface area contributed by atoms with Crippen molar-refractivity contribution in [3.63, 3.8) is 0 Å². The molecule has 0 spiro atoms. The number of aryl methyl sites for hydroxylation is 1. The van der Waals surface area contributed by atoms with Gasteiger partial charge in [0, 0.05) is 26.9 Å². The predicted molar refractivity (Wildman–Crippen MR) is 161 cm³/mol. The lowest BCUT2D eigenvalue weighted by Gasteiger charge is -2.27. The Morgan fingerprint density at radius 2 is 1.88 bits per heavy atom. The summed E-state index contributed by atoms with van der Waals surface area (Å²) in [5, 5.41) is 2.87. The van der Waals surface area contributed by atoms with Crippen molar-refractivity contribution in [2.45, 2.75) is 19.9 Å². The lowest BCUT2D eigenvalue weighted by atomic mass is 9.92. The molecule has 3 heterocycles. The molecule has 0 radical (unpaired) electrons. The van der Waals surface area contributed by atoms with Crippen LogP contribution in [0.15, 0.2) is 86.6 Å². The normalized spacial score (nSPS) is 17.0. The zero-order valence-corrected chi connectivity index (χ0v) is 24.8. The number of ether oxygens (including phenoxy) is 2. The number of nitrogens with one attached hydrogen (secondary N) is 1. The van der Waals surface area contributed by atoms with Gasteiger partial charge in [-0.15, -0.1) is 0 Å². The van der Waals surface area contributed by atoms with Crippen LogP contribution in [0.5, 0.6) is 5.75 Å². The van der Waals surface area contributed by atoms with Crippen LogP contribution in [0.2, 0.25) is 0 Å². The summed E-state index contributed by atoms with van der Waals surface area (Å²) in [6, 6.07) is 19.4. The summed E-state index contributed by atoms with van der Waals surface area (Å²) in [6.07, 6.45) is 0. The molecule has 4 aromatic rings. The summed E-state index contributed by atoms with van der Waals surface area (Å²) in [4.78, 5) is 46.5. The van der Waals surface area contributed by atoms with E-state index in [-0.39, 0.29) is 28.2 Å². The average molecular weight is 631 g/mol. The third-order valence-corrected chi connectivity index (χ3v) is 8.53. The van der Waals surface area contributed by atoms with Crippen molar-refractivity contribution in [2.75, 3.05) is 19.0 Å². The molecule has 0 unspecified atom stereocenters. The number of thiazole rings is 1. The number of amides is 1. The van der Waals surface area contributed by atoms with Crippen LogP contribution >= 0.6 is 27.3 Å². The highest BCUT2D eigenvalue weighted by atomic mass is 79.9. The van der Waals surface area contributed by atoms with Crippen molar-refractivity contribution < 1.29 is 19.1 Å². The fraction of sp³-hybridized carbons (Fsp3) is 0.161. The molecule has 1 N–H and O–H groups in total. The zero-order valence-electron chi connectivity index (χ0n) is 22.4. The van der Waals surface area contributed by atoms with Crippen molar-refractivity contribution in [1.29, 1.82) is 0 Å². The number of carbonyl (C=O) groups excluding carboxylic acids is 2. The molecule has 6 rings (SSSR count). The van der Waals surface area contributed by atoms with Crippen LogP contribution < -0.4 is 24.9 Å². The van der Waals surface area contributed by atoms with Crippen LogP contribution in [-0.4, -0.2) is 30.2 Å². The van der Waals surface area contributed by atoms with E-state index < -0.39 is 17.6 Å². The highest BCUT2D eigenvalue weighted by Crippen LogP contribution is 2.40. The zero-order chi connectivity index (χ0) is 28.8. The molecule has 0 bridgehead atoms. The van der Waals surface area contributed by atoms with Gasteiger partial charge in [-0.1, -0.05) is 69.2 Å². The molecule has 1 aromatic heterocycles. The number of benzene rings is 3. The summed E-state index contributed by atoms with van der Waals surface area (Å²) in [5.74, 6) is -0.479. The molecule has 2 aliphatic heterocycles. The second-order valence-electron chi connectivity index (χ2n) is 9.52. The van der Waals surface area contributed by atoms with Gasteiger partial charge >= 0.3 is 5.97 Å². The van der Waals surface area contributed by atoms with Crippen LogP contribution in [0.1, 0.15) is 35.2 Å². The van der Waals surface area contributed by atoms with E-state index in [1.54, 1.807) is 13.0 Å². The highest BCUT2D eigenvalue weighted by molar-refractivity contribution is 9.10. The summed E-state index contributed by atoms with van der Waals surface area (Å²) >= 11 is 4.66. The van der Waals surface area contributed by atoms with E-state index in [1.807, 2.05) is 67.6 Å². The minimum absolute atomic E-state index is 0.137. The molecular weight excluding hydrogens is 606 g/mol. The van der Waals surface area contributed by atoms with Gasteiger partial charge in [0.1, 0.15) is 16.3 Å². The molecule has 1 amide bonds. The first kappa shape index (κ1) is 26.9. The number of hydrogen-bond acceptors (Lipinski definition) is 7. The standard InChI is InChI=1S/C31H24BrN3O5S/c1-4-40-30(38)24-25(17-8-6-5-7-9-17)34-31-35(26(24)20-15-18(32)11-13-22(20)39-3)29(37)27(41-31)23-19-14-16(2)10-12-21(19)33-28(23)36/h5-15,26H,4H2,1-3H3,(H,33,36)/b27-23+/t26-/m1/s1. The first-order valence-corrected chi connectivity index (χ1v) is 14.5. The Hall–Kier alpha value is -4.28. The molecule has 2 aliphatic rings. The maximum atomic E-state index is 14.4. The molecule has 1 atom stereocenters. The van der Waals surface area contributed by atoms with E-state index in [4.69, 9.17) is 14.5 Å². The average Bonchev–Trinajstić information content (AvgIpc) is 3.46. The number of anilines is 1. The van der Waals surface area contributed by atoms with Gasteiger partial charge < -0.3 is 14.8 Å². The number of methoxy groups -OCH3 is 1. The summed E-state index contributed by atoms with van der Waals surface area (Å²) in [6.45, 7) is 3.79. The summed E-state index contributed by atoms with van der Waals surface area (Å²) in [7, 11) is 1.53. The number of esters is 1. The molecule has 0 saturated heterocycles. The molecule has 0 fully saturated rings. The highest BCUT2D eigenvalue weighted by Gasteiger charge is 2.38. The van der Waals surface area contributed by atoms with E-state index in [0.717, 1.165) is 21.4 Å². The SMILES string of the molecule is CCOC(=O)C1=C(c2ccccc2)N=c2s/c(=C3/C(=O)Nc4ccc(C)cc43)c(=O)n2[C@@H]1c1cc(Br)ccc1OC. The Bertz CT molecular complexity index is 1960. The van der Waals surface area contributed by atoms with Gasteiger partial charge in [-0.25, -0.2) is 9.79 Å². The largest absolute Gasteiger partial charge is 0.496 e. The number of aromatic nitrogens is 1. The number of rotatable bonds is 5. The Kier molecular flexibility index (Phi) is 6.96. The van der Waals surface area contributed by atoms with E-state index >= 15 is 0 Å². The third-order valence-electron chi connectivity index (χ3n) is 6.98. The van der Waals surface area contributed by atoms with Gasteiger partial charge in [0.2, 0.25) is 0 Å². The number of nitrogens with zero attached hydrogens (tertiary/aromatic N) is 2. The number of carbonyl (C=O) groups is 2. The lowest BCUT2D eigenvalue weighted by Crippen LogP contribution is -2.40. The summed E-state index contributed by atoms with van der Waals surface area (Å²) < 4.78 is 13.7. The quantitative estimate of drug-likeness (QED) is 0.331. The van der Waals surface area contributed by atoms with E-state index in [2.05, 4.69) is 21.2 Å². The third kappa shape index (κ3) is 4.53. The topological polar surface area (TPSA) is 99.0 Å². The van der Waals surface area contributed by atoms with Gasteiger partial charge in [-0.3, -0.25) is 14.2 Å². The first-order valence-electron chi connectivity index (χ1n) is 12.9. The molecule has 0 saturated carbocycles. The van der Waals surface area contributed by atoms with Crippen molar-refractivity contribution in [1.82, 2.24) is 4.57 Å². The molecule has 0 aliphatic carbocycles.